The number of aromatic hydroxyl groups is 1. The Bertz CT molecular complexity index is 766. The quantitative estimate of drug-likeness (QED) is 0.733. The van der Waals surface area contributed by atoms with Crippen LogP contribution in [0, 0.1) is 0 Å². The maximum atomic E-state index is 9.65. The van der Waals surface area contributed by atoms with E-state index in [1.807, 2.05) is 42.1 Å². The lowest BCUT2D eigenvalue weighted by Gasteiger charge is -2.14. The molecular weight excluding hydrogens is 256 g/mol. The summed E-state index contributed by atoms with van der Waals surface area (Å²) < 4.78 is 2.27. The van der Waals surface area contributed by atoms with Crippen LogP contribution in [0.3, 0.4) is 0 Å². The molecular formula is C15H12N2OS. The van der Waals surface area contributed by atoms with E-state index in [0.29, 0.717) is 5.75 Å². The molecule has 3 aromatic rings. The van der Waals surface area contributed by atoms with Crippen molar-refractivity contribution in [2.75, 3.05) is 0 Å². The molecule has 1 aliphatic rings. The van der Waals surface area contributed by atoms with Gasteiger partial charge in [-0.2, -0.15) is 0 Å². The van der Waals surface area contributed by atoms with E-state index in [1.54, 1.807) is 6.07 Å². The fourth-order valence-corrected chi connectivity index (χ4v) is 3.84. The third-order valence-corrected chi connectivity index (χ3v) is 4.65. The van der Waals surface area contributed by atoms with Crippen LogP contribution in [0.4, 0.5) is 0 Å². The molecule has 0 saturated carbocycles. The molecule has 94 valence electrons. The summed E-state index contributed by atoms with van der Waals surface area (Å²) in [6, 6.07) is 15.7. The number of para-hydroxylation sites is 2. The highest BCUT2D eigenvalue weighted by Crippen LogP contribution is 2.43. The lowest BCUT2D eigenvalue weighted by molar-refractivity contribution is 0.474. The lowest BCUT2D eigenvalue weighted by Crippen LogP contribution is -2.02. The van der Waals surface area contributed by atoms with Gasteiger partial charge >= 0.3 is 0 Å². The first-order valence-electron chi connectivity index (χ1n) is 6.19. The summed E-state index contributed by atoms with van der Waals surface area (Å²) in [5, 5.41) is 9.85. The van der Waals surface area contributed by atoms with E-state index in [1.165, 1.54) is 0 Å². The van der Waals surface area contributed by atoms with E-state index in [-0.39, 0.29) is 5.37 Å². The van der Waals surface area contributed by atoms with E-state index in [4.69, 9.17) is 0 Å². The van der Waals surface area contributed by atoms with E-state index in [9.17, 15) is 5.11 Å². The van der Waals surface area contributed by atoms with Crippen LogP contribution >= 0.6 is 11.8 Å². The number of hydrogen-bond acceptors (Lipinski definition) is 3. The van der Waals surface area contributed by atoms with Gasteiger partial charge in [0.15, 0.2) is 0 Å². The maximum absolute atomic E-state index is 9.65. The molecule has 1 aliphatic heterocycles. The average molecular weight is 268 g/mol. The molecule has 19 heavy (non-hydrogen) atoms. The number of benzene rings is 2. The van der Waals surface area contributed by atoms with Crippen LogP contribution in [-0.4, -0.2) is 14.7 Å². The molecule has 0 bridgehead atoms. The predicted molar refractivity (Wildman–Crippen MR) is 77.3 cm³/mol. The molecule has 0 aliphatic carbocycles. The summed E-state index contributed by atoms with van der Waals surface area (Å²) in [5.74, 6) is 2.34. The highest BCUT2D eigenvalue weighted by Gasteiger charge is 2.27. The number of fused-ring (bicyclic) bond motifs is 3. The number of rotatable bonds is 1. The monoisotopic (exact) mass is 268 g/mol. The van der Waals surface area contributed by atoms with Gasteiger partial charge in [-0.15, -0.1) is 11.8 Å². The Balaban J connectivity index is 1.91. The molecule has 1 aromatic heterocycles. The summed E-state index contributed by atoms with van der Waals surface area (Å²) in [7, 11) is 0. The first-order valence-corrected chi connectivity index (χ1v) is 7.24. The summed E-state index contributed by atoms with van der Waals surface area (Å²) in [5.41, 5.74) is 3.32. The Morgan fingerprint density at radius 1 is 1.16 bits per heavy atom. The van der Waals surface area contributed by atoms with E-state index in [0.717, 1.165) is 28.2 Å². The average Bonchev–Trinajstić information content (AvgIpc) is 2.97. The number of aromatic nitrogens is 2. The number of phenolic OH excluding ortho intramolecular Hbond substituents is 1. The third kappa shape index (κ3) is 1.64. The summed E-state index contributed by atoms with van der Waals surface area (Å²) >= 11 is 1.84. The first-order chi connectivity index (χ1) is 9.33. The van der Waals surface area contributed by atoms with Gasteiger partial charge < -0.3 is 9.67 Å². The second-order valence-corrected chi connectivity index (χ2v) is 5.71. The van der Waals surface area contributed by atoms with Gasteiger partial charge in [-0.25, -0.2) is 4.98 Å². The lowest BCUT2D eigenvalue weighted by atomic mass is 10.2. The van der Waals surface area contributed by atoms with Crippen molar-refractivity contribution in [1.82, 2.24) is 9.55 Å². The van der Waals surface area contributed by atoms with Crippen molar-refractivity contribution >= 4 is 22.8 Å². The molecule has 4 rings (SSSR count). The summed E-state index contributed by atoms with van der Waals surface area (Å²) in [6.45, 7) is 0. The Kier molecular flexibility index (Phi) is 2.32. The van der Waals surface area contributed by atoms with Gasteiger partial charge in [-0.05, 0) is 29.8 Å². The number of hydrogen-bond donors (Lipinski definition) is 1. The number of imidazole rings is 1. The Morgan fingerprint density at radius 2 is 2.05 bits per heavy atom. The van der Waals surface area contributed by atoms with Gasteiger partial charge in [0, 0.05) is 0 Å². The van der Waals surface area contributed by atoms with E-state index < -0.39 is 0 Å². The Labute approximate surface area is 114 Å². The zero-order valence-corrected chi connectivity index (χ0v) is 11.0. The largest absolute Gasteiger partial charge is 0.508 e. The molecule has 0 saturated heterocycles. The smallest absolute Gasteiger partial charge is 0.121 e. The minimum absolute atomic E-state index is 0.203. The van der Waals surface area contributed by atoms with Crippen molar-refractivity contribution in [3.8, 4) is 5.75 Å². The topological polar surface area (TPSA) is 38.1 Å². The van der Waals surface area contributed by atoms with Crippen LogP contribution in [0.2, 0.25) is 0 Å². The second-order valence-electron chi connectivity index (χ2n) is 4.65. The highest BCUT2D eigenvalue weighted by molar-refractivity contribution is 7.99. The van der Waals surface area contributed by atoms with Crippen LogP contribution in [0.25, 0.3) is 11.0 Å². The molecule has 0 amide bonds. The van der Waals surface area contributed by atoms with Gasteiger partial charge in [0.1, 0.15) is 16.9 Å². The van der Waals surface area contributed by atoms with Crippen LogP contribution in [0.1, 0.15) is 16.8 Å². The fraction of sp³-hybridized carbons (Fsp3) is 0.133. The number of nitrogens with zero attached hydrogens (tertiary/aromatic N) is 2. The van der Waals surface area contributed by atoms with Crippen molar-refractivity contribution in [2.45, 2.75) is 11.1 Å². The van der Waals surface area contributed by atoms with Crippen LogP contribution < -0.4 is 0 Å². The zero-order valence-electron chi connectivity index (χ0n) is 10.2. The second kappa shape index (κ2) is 4.03. The molecule has 0 fully saturated rings. The van der Waals surface area contributed by atoms with E-state index >= 15 is 0 Å². The Morgan fingerprint density at radius 3 is 2.95 bits per heavy atom. The van der Waals surface area contributed by atoms with Gasteiger partial charge in [0.2, 0.25) is 0 Å². The molecule has 2 aromatic carbocycles. The van der Waals surface area contributed by atoms with Gasteiger partial charge in [-0.1, -0.05) is 24.3 Å². The standard InChI is InChI=1S/C15H12N2OS/c18-11-5-3-4-10(8-11)15-17-13-7-2-1-6-12(13)16-14(17)9-19-15/h1-8,15,18H,9H2/t15-/m1/s1. The highest BCUT2D eigenvalue weighted by atomic mass is 32.2. The third-order valence-electron chi connectivity index (χ3n) is 3.43. The van der Waals surface area contributed by atoms with E-state index in [2.05, 4.69) is 21.7 Å². The first kappa shape index (κ1) is 10.9. The van der Waals surface area contributed by atoms with Crippen molar-refractivity contribution in [1.29, 1.82) is 0 Å². The van der Waals surface area contributed by atoms with Gasteiger partial charge in [-0.3, -0.25) is 0 Å². The molecule has 1 atom stereocenters. The molecule has 0 unspecified atom stereocenters. The summed E-state index contributed by atoms with van der Waals surface area (Å²) in [4.78, 5) is 4.67. The number of thioether (sulfide) groups is 1. The minimum atomic E-state index is 0.203. The predicted octanol–water partition coefficient (Wildman–Crippen LogP) is 3.54. The van der Waals surface area contributed by atoms with Crippen LogP contribution in [0.5, 0.6) is 5.75 Å². The number of phenols is 1. The fourth-order valence-electron chi connectivity index (χ4n) is 2.61. The van der Waals surface area contributed by atoms with Crippen LogP contribution in [0.15, 0.2) is 48.5 Å². The van der Waals surface area contributed by atoms with Gasteiger partial charge in [0.05, 0.1) is 16.8 Å². The SMILES string of the molecule is Oc1cccc([C@H]2SCc3nc4ccccc4n32)c1. The van der Waals surface area contributed by atoms with Crippen molar-refractivity contribution in [2.24, 2.45) is 0 Å². The molecule has 0 radical (unpaired) electrons. The normalized spacial score (nSPS) is 17.8. The van der Waals surface area contributed by atoms with Gasteiger partial charge in [0.25, 0.3) is 0 Å². The van der Waals surface area contributed by atoms with Crippen molar-refractivity contribution in [3.05, 3.63) is 59.9 Å². The maximum Gasteiger partial charge on any atom is 0.121 e. The molecule has 2 heterocycles. The van der Waals surface area contributed by atoms with Crippen LogP contribution in [-0.2, 0) is 5.75 Å². The molecule has 3 nitrogen and oxygen atoms in total. The summed E-state index contributed by atoms with van der Waals surface area (Å²) in [6.07, 6.45) is 0. The zero-order chi connectivity index (χ0) is 12.8. The van der Waals surface area contributed by atoms with Crippen molar-refractivity contribution in [3.63, 3.8) is 0 Å². The molecule has 1 N–H and O–H groups in total. The molecule has 4 heteroatoms. The Hall–Kier alpha value is -1.94. The minimum Gasteiger partial charge on any atom is -0.508 e. The molecule has 0 spiro atoms. The van der Waals surface area contributed by atoms with Crippen molar-refractivity contribution < 1.29 is 5.11 Å².